The molecule has 0 aliphatic rings. The Kier molecular flexibility index (Phi) is 3.76. The summed E-state index contributed by atoms with van der Waals surface area (Å²) in [5.74, 6) is -2.11. The van der Waals surface area contributed by atoms with Crippen molar-refractivity contribution in [3.63, 3.8) is 0 Å². The van der Waals surface area contributed by atoms with Crippen LogP contribution in [0.3, 0.4) is 0 Å². The third kappa shape index (κ3) is 2.51. The van der Waals surface area contributed by atoms with E-state index in [1.54, 1.807) is 6.92 Å². The van der Waals surface area contributed by atoms with E-state index < -0.39 is 17.5 Å². The lowest BCUT2D eigenvalue weighted by Gasteiger charge is -2.08. The van der Waals surface area contributed by atoms with Crippen LogP contribution in [0, 0.1) is 18.6 Å². The van der Waals surface area contributed by atoms with Gasteiger partial charge in [-0.25, -0.2) is 8.78 Å². The van der Waals surface area contributed by atoms with Gasteiger partial charge in [-0.3, -0.25) is 9.48 Å². The number of aryl methyl sites for hydroxylation is 2. The number of benzene rings is 1. The summed E-state index contributed by atoms with van der Waals surface area (Å²) in [7, 11) is 1.54. The summed E-state index contributed by atoms with van der Waals surface area (Å²) in [4.78, 5) is 12.1. The monoisotopic (exact) mass is 344 g/mol. The average molecular weight is 345 g/mol. The van der Waals surface area contributed by atoms with Gasteiger partial charge in [0, 0.05) is 13.1 Å². The first kappa shape index (κ1) is 14.4. The van der Waals surface area contributed by atoms with Crippen LogP contribution >= 0.6 is 15.9 Å². The van der Waals surface area contributed by atoms with Gasteiger partial charge < -0.3 is 11.1 Å². The molecule has 0 aliphatic carbocycles. The summed E-state index contributed by atoms with van der Waals surface area (Å²) >= 11 is 2.86. The largest absolute Gasteiger partial charge is 0.395 e. The van der Waals surface area contributed by atoms with Gasteiger partial charge in [-0.1, -0.05) is 0 Å². The van der Waals surface area contributed by atoms with E-state index in [2.05, 4.69) is 26.3 Å². The van der Waals surface area contributed by atoms with Crippen molar-refractivity contribution < 1.29 is 13.6 Å². The molecule has 5 nitrogen and oxygen atoms in total. The first-order valence-electron chi connectivity index (χ1n) is 5.56. The number of nitrogens with one attached hydrogen (secondary N) is 1. The molecule has 0 radical (unpaired) electrons. The van der Waals surface area contributed by atoms with Gasteiger partial charge in [-0.05, 0) is 28.9 Å². The summed E-state index contributed by atoms with van der Waals surface area (Å²) in [6.45, 7) is 1.64. The first-order chi connectivity index (χ1) is 9.31. The van der Waals surface area contributed by atoms with Crippen LogP contribution in [-0.4, -0.2) is 15.7 Å². The minimum absolute atomic E-state index is 0.0242. The number of anilines is 2. The van der Waals surface area contributed by atoms with Crippen molar-refractivity contribution in [2.75, 3.05) is 11.1 Å². The van der Waals surface area contributed by atoms with Gasteiger partial charge in [0.25, 0.3) is 5.91 Å². The number of aromatic nitrogens is 2. The third-order valence-corrected chi connectivity index (χ3v) is 3.35. The fourth-order valence-electron chi connectivity index (χ4n) is 1.74. The SMILES string of the molecule is Cc1nn(C)c(C(=O)Nc2cc(F)c(Br)cc2F)c1N. The normalized spacial score (nSPS) is 10.7. The van der Waals surface area contributed by atoms with Crippen LogP contribution in [0.25, 0.3) is 0 Å². The number of nitrogen functional groups attached to an aromatic ring is 1. The summed E-state index contributed by atoms with van der Waals surface area (Å²) in [5, 5.41) is 6.26. The molecule has 8 heteroatoms. The highest BCUT2D eigenvalue weighted by atomic mass is 79.9. The molecule has 3 N–H and O–H groups in total. The quantitative estimate of drug-likeness (QED) is 0.822. The van der Waals surface area contributed by atoms with Crippen LogP contribution in [0.15, 0.2) is 16.6 Å². The van der Waals surface area contributed by atoms with Crippen molar-refractivity contribution in [2.24, 2.45) is 7.05 Å². The molecule has 2 rings (SSSR count). The molecule has 106 valence electrons. The van der Waals surface area contributed by atoms with Crippen LogP contribution in [0.1, 0.15) is 16.2 Å². The molecule has 2 aromatic rings. The highest BCUT2D eigenvalue weighted by Crippen LogP contribution is 2.24. The van der Waals surface area contributed by atoms with Gasteiger partial charge in [0.2, 0.25) is 0 Å². The molecule has 20 heavy (non-hydrogen) atoms. The van der Waals surface area contributed by atoms with Crippen LogP contribution in [0.4, 0.5) is 20.2 Å². The lowest BCUT2D eigenvalue weighted by atomic mass is 10.2. The summed E-state index contributed by atoms with van der Waals surface area (Å²) in [6.07, 6.45) is 0. The Bertz CT molecular complexity index is 699. The van der Waals surface area contributed by atoms with Crippen LogP contribution in [-0.2, 0) is 7.05 Å². The predicted octanol–water partition coefficient (Wildman–Crippen LogP) is 2.60. The van der Waals surface area contributed by atoms with Crippen molar-refractivity contribution in [1.82, 2.24) is 9.78 Å². The van der Waals surface area contributed by atoms with E-state index in [-0.39, 0.29) is 21.5 Å². The standard InChI is InChI=1S/C12H11BrF2N4O/c1-5-10(16)11(19(2)18-5)12(20)17-9-4-7(14)6(13)3-8(9)15/h3-4H,16H2,1-2H3,(H,17,20). The Morgan fingerprint density at radius 2 is 2.05 bits per heavy atom. The molecule has 0 fully saturated rings. The topological polar surface area (TPSA) is 72.9 Å². The Morgan fingerprint density at radius 1 is 1.40 bits per heavy atom. The molecule has 1 heterocycles. The van der Waals surface area contributed by atoms with Crippen LogP contribution < -0.4 is 11.1 Å². The van der Waals surface area contributed by atoms with E-state index in [1.165, 1.54) is 11.7 Å². The molecule has 0 unspecified atom stereocenters. The van der Waals surface area contributed by atoms with Crippen molar-refractivity contribution >= 4 is 33.2 Å². The number of rotatable bonds is 2. The Labute approximate surface area is 121 Å². The molecular formula is C12H11BrF2N4O. The molecule has 1 aromatic carbocycles. The molecular weight excluding hydrogens is 334 g/mol. The Balaban J connectivity index is 2.35. The average Bonchev–Trinajstić information content (AvgIpc) is 2.60. The van der Waals surface area contributed by atoms with Gasteiger partial charge in [0.15, 0.2) is 0 Å². The van der Waals surface area contributed by atoms with Crippen LogP contribution in [0.2, 0.25) is 0 Å². The Morgan fingerprint density at radius 3 is 2.60 bits per heavy atom. The van der Waals surface area contributed by atoms with Gasteiger partial charge >= 0.3 is 0 Å². The van der Waals surface area contributed by atoms with E-state index in [0.29, 0.717) is 5.69 Å². The number of carbonyl (C=O) groups excluding carboxylic acids is 1. The maximum Gasteiger partial charge on any atom is 0.276 e. The highest BCUT2D eigenvalue weighted by molar-refractivity contribution is 9.10. The number of nitrogens with zero attached hydrogens (tertiary/aromatic N) is 2. The van der Waals surface area contributed by atoms with Gasteiger partial charge in [-0.15, -0.1) is 0 Å². The fourth-order valence-corrected chi connectivity index (χ4v) is 2.06. The number of halogens is 3. The predicted molar refractivity (Wildman–Crippen MR) is 74.4 cm³/mol. The number of amides is 1. The van der Waals surface area contributed by atoms with Crippen molar-refractivity contribution in [2.45, 2.75) is 6.92 Å². The van der Waals surface area contributed by atoms with E-state index in [0.717, 1.165) is 12.1 Å². The second kappa shape index (κ2) is 5.20. The Hall–Kier alpha value is -1.96. The summed E-state index contributed by atoms with van der Waals surface area (Å²) < 4.78 is 28.3. The molecule has 1 aromatic heterocycles. The molecule has 0 aliphatic heterocycles. The first-order valence-corrected chi connectivity index (χ1v) is 6.35. The minimum Gasteiger partial charge on any atom is -0.395 e. The minimum atomic E-state index is -0.760. The van der Waals surface area contributed by atoms with Crippen molar-refractivity contribution in [1.29, 1.82) is 0 Å². The van der Waals surface area contributed by atoms with Gasteiger partial charge in [0.1, 0.15) is 17.3 Å². The maximum absolute atomic E-state index is 13.6. The highest BCUT2D eigenvalue weighted by Gasteiger charge is 2.19. The zero-order chi connectivity index (χ0) is 15.0. The van der Waals surface area contributed by atoms with Crippen molar-refractivity contribution in [3.8, 4) is 0 Å². The fraction of sp³-hybridized carbons (Fsp3) is 0.167. The van der Waals surface area contributed by atoms with Gasteiger partial charge in [0.05, 0.1) is 21.5 Å². The third-order valence-electron chi connectivity index (χ3n) is 2.74. The van der Waals surface area contributed by atoms with E-state index in [1.807, 2.05) is 0 Å². The van der Waals surface area contributed by atoms with E-state index in [4.69, 9.17) is 5.73 Å². The molecule has 0 spiro atoms. The van der Waals surface area contributed by atoms with E-state index >= 15 is 0 Å². The zero-order valence-corrected chi connectivity index (χ0v) is 12.3. The number of carbonyl (C=O) groups is 1. The van der Waals surface area contributed by atoms with Crippen molar-refractivity contribution in [3.05, 3.63) is 39.6 Å². The second-order valence-electron chi connectivity index (χ2n) is 4.17. The number of nitrogens with two attached hydrogens (primary N) is 1. The lowest BCUT2D eigenvalue weighted by molar-refractivity contribution is 0.101. The summed E-state index contributed by atoms with van der Waals surface area (Å²) in [6, 6.07) is 1.82. The van der Waals surface area contributed by atoms with Gasteiger partial charge in [-0.2, -0.15) is 5.10 Å². The van der Waals surface area contributed by atoms with E-state index in [9.17, 15) is 13.6 Å². The molecule has 0 bridgehead atoms. The second-order valence-corrected chi connectivity index (χ2v) is 5.03. The number of hydrogen-bond acceptors (Lipinski definition) is 3. The number of hydrogen-bond donors (Lipinski definition) is 2. The maximum atomic E-state index is 13.6. The zero-order valence-electron chi connectivity index (χ0n) is 10.7. The smallest absolute Gasteiger partial charge is 0.276 e. The molecule has 0 saturated carbocycles. The molecule has 0 saturated heterocycles. The molecule has 0 atom stereocenters. The lowest BCUT2D eigenvalue weighted by Crippen LogP contribution is -2.18. The summed E-state index contributed by atoms with van der Waals surface area (Å²) in [5.41, 5.74) is 6.23. The van der Waals surface area contributed by atoms with Crippen LogP contribution in [0.5, 0.6) is 0 Å². The molecule has 1 amide bonds.